The zero-order valence-electron chi connectivity index (χ0n) is 18.3. The van der Waals surface area contributed by atoms with Gasteiger partial charge in [-0.05, 0) is 69.2 Å². The highest BCUT2D eigenvalue weighted by Gasteiger charge is 2.16. The van der Waals surface area contributed by atoms with Crippen LogP contribution in [0.5, 0.6) is 0 Å². The Morgan fingerprint density at radius 2 is 1.52 bits per heavy atom. The molecule has 31 heavy (non-hydrogen) atoms. The van der Waals surface area contributed by atoms with E-state index in [9.17, 15) is 4.79 Å². The third-order valence-electron chi connectivity index (χ3n) is 5.61. The summed E-state index contributed by atoms with van der Waals surface area (Å²) in [7, 11) is 0. The molecule has 0 saturated carbocycles. The minimum Gasteiger partial charge on any atom is -0.386 e. The summed E-state index contributed by atoms with van der Waals surface area (Å²) in [5.74, 6) is 0.460. The largest absolute Gasteiger partial charge is 0.386 e. The van der Waals surface area contributed by atoms with Crippen molar-refractivity contribution in [3.8, 4) is 0 Å². The average molecular weight is 411 g/mol. The Balaban J connectivity index is 1.91. The lowest BCUT2D eigenvalue weighted by molar-refractivity contribution is 0.103. The third-order valence-corrected chi connectivity index (χ3v) is 5.61. The van der Waals surface area contributed by atoms with E-state index in [1.807, 2.05) is 62.4 Å². The Kier molecular flexibility index (Phi) is 5.42. The molecule has 2 N–H and O–H groups in total. The molecule has 4 rings (SSSR count). The summed E-state index contributed by atoms with van der Waals surface area (Å²) in [6, 6.07) is 20.0. The maximum Gasteiger partial charge on any atom is 0.193 e. The minimum absolute atomic E-state index is 0.0408. The summed E-state index contributed by atoms with van der Waals surface area (Å²) in [5, 5.41) is 10.4. The fourth-order valence-corrected chi connectivity index (χ4v) is 4.01. The summed E-state index contributed by atoms with van der Waals surface area (Å²) in [5.41, 5.74) is 12.0. The Morgan fingerprint density at radius 3 is 2.13 bits per heavy atom. The molecule has 0 fully saturated rings. The SMILES string of the molecule is CCn1c2ccc(C(=O)c3ccccc3C)cc2c2cc(/C(C)=N/N=C(C)N)ccc21. The van der Waals surface area contributed by atoms with Crippen molar-refractivity contribution in [1.29, 1.82) is 0 Å². The summed E-state index contributed by atoms with van der Waals surface area (Å²) in [4.78, 5) is 13.2. The number of hydrogen-bond acceptors (Lipinski definition) is 3. The molecule has 1 heterocycles. The standard InChI is InChI=1S/C26H26N4O/c1-5-30-24-12-10-19(17(3)28-29-18(4)27)14-22(24)23-15-20(11-13-25(23)30)26(31)21-9-7-6-8-16(21)2/h6-15H,5H2,1-4H3,(H2,27,29)/b28-17+. The monoisotopic (exact) mass is 410 g/mol. The van der Waals surface area contributed by atoms with Crippen LogP contribution in [0.25, 0.3) is 21.8 Å². The quantitative estimate of drug-likeness (QED) is 0.205. The predicted molar refractivity (Wildman–Crippen MR) is 129 cm³/mol. The molecule has 0 saturated heterocycles. The van der Waals surface area contributed by atoms with E-state index in [1.165, 1.54) is 0 Å². The van der Waals surface area contributed by atoms with Crippen molar-refractivity contribution in [1.82, 2.24) is 4.57 Å². The first-order chi connectivity index (χ1) is 14.9. The van der Waals surface area contributed by atoms with E-state index in [0.29, 0.717) is 11.4 Å². The molecule has 1 aromatic heterocycles. The van der Waals surface area contributed by atoms with Crippen molar-refractivity contribution in [3.05, 3.63) is 82.9 Å². The van der Waals surface area contributed by atoms with E-state index in [4.69, 9.17) is 5.73 Å². The van der Waals surface area contributed by atoms with Gasteiger partial charge >= 0.3 is 0 Å². The minimum atomic E-state index is 0.0408. The number of fused-ring (bicyclic) bond motifs is 3. The summed E-state index contributed by atoms with van der Waals surface area (Å²) in [6.45, 7) is 8.56. The van der Waals surface area contributed by atoms with Crippen LogP contribution in [0.15, 0.2) is 70.9 Å². The molecule has 0 aliphatic carbocycles. The van der Waals surface area contributed by atoms with Crippen LogP contribution in [0.2, 0.25) is 0 Å². The normalized spacial score (nSPS) is 12.6. The van der Waals surface area contributed by atoms with Crippen molar-refractivity contribution >= 4 is 39.1 Å². The van der Waals surface area contributed by atoms with E-state index in [1.54, 1.807) is 6.92 Å². The molecule has 4 aromatic rings. The zero-order chi connectivity index (χ0) is 22.1. The van der Waals surface area contributed by atoms with Crippen LogP contribution in [0.4, 0.5) is 0 Å². The van der Waals surface area contributed by atoms with Crippen molar-refractivity contribution in [3.63, 3.8) is 0 Å². The summed E-state index contributed by atoms with van der Waals surface area (Å²) < 4.78 is 2.27. The molecular formula is C26H26N4O. The maximum absolute atomic E-state index is 13.2. The van der Waals surface area contributed by atoms with Crippen LogP contribution in [0.3, 0.4) is 0 Å². The molecule has 0 unspecified atom stereocenters. The van der Waals surface area contributed by atoms with Gasteiger partial charge in [-0.2, -0.15) is 5.10 Å². The smallest absolute Gasteiger partial charge is 0.193 e. The molecule has 0 bridgehead atoms. The Hall–Kier alpha value is -3.73. The second-order valence-corrected chi connectivity index (χ2v) is 7.78. The number of amidine groups is 1. The van der Waals surface area contributed by atoms with Crippen LogP contribution in [0.1, 0.15) is 47.8 Å². The molecular weight excluding hydrogens is 384 g/mol. The van der Waals surface area contributed by atoms with Gasteiger partial charge < -0.3 is 10.3 Å². The van der Waals surface area contributed by atoms with Gasteiger partial charge in [0.2, 0.25) is 0 Å². The number of rotatable bonds is 5. The predicted octanol–water partition coefficient (Wildman–Crippen LogP) is 5.45. The molecule has 0 aliphatic heterocycles. The second kappa shape index (κ2) is 8.19. The molecule has 0 aliphatic rings. The van der Waals surface area contributed by atoms with Crippen molar-refractivity contribution in [2.45, 2.75) is 34.2 Å². The number of benzene rings is 3. The van der Waals surface area contributed by atoms with Gasteiger partial charge in [0.15, 0.2) is 5.78 Å². The first kappa shape index (κ1) is 20.5. The molecule has 156 valence electrons. The van der Waals surface area contributed by atoms with Gasteiger partial charge in [0.05, 0.1) is 5.71 Å². The molecule has 0 radical (unpaired) electrons. The molecule has 0 spiro atoms. The van der Waals surface area contributed by atoms with Crippen molar-refractivity contribution in [2.75, 3.05) is 0 Å². The van der Waals surface area contributed by atoms with Crippen LogP contribution >= 0.6 is 0 Å². The number of carbonyl (C=O) groups excluding carboxylic acids is 1. The lowest BCUT2D eigenvalue weighted by Crippen LogP contribution is -2.04. The summed E-state index contributed by atoms with van der Waals surface area (Å²) in [6.07, 6.45) is 0. The number of ketones is 1. The fraction of sp³-hybridized carbons (Fsp3) is 0.192. The Bertz CT molecular complexity index is 1370. The van der Waals surface area contributed by atoms with Crippen molar-refractivity contribution in [2.24, 2.45) is 15.9 Å². The Morgan fingerprint density at radius 1 is 0.903 bits per heavy atom. The molecule has 0 amide bonds. The topological polar surface area (TPSA) is 72.7 Å². The van der Waals surface area contributed by atoms with Gasteiger partial charge in [-0.3, -0.25) is 4.79 Å². The number of nitrogens with zero attached hydrogens (tertiary/aromatic N) is 3. The number of nitrogens with two attached hydrogens (primary N) is 1. The molecule has 3 aromatic carbocycles. The van der Waals surface area contributed by atoms with Gasteiger partial charge in [0.1, 0.15) is 5.84 Å². The lowest BCUT2D eigenvalue weighted by Gasteiger charge is -2.06. The first-order valence-electron chi connectivity index (χ1n) is 10.4. The maximum atomic E-state index is 13.2. The van der Waals surface area contributed by atoms with Crippen LogP contribution in [-0.4, -0.2) is 21.9 Å². The highest BCUT2D eigenvalue weighted by Crippen LogP contribution is 2.31. The zero-order valence-corrected chi connectivity index (χ0v) is 18.3. The van der Waals surface area contributed by atoms with Gasteiger partial charge in [0.25, 0.3) is 0 Å². The number of aromatic nitrogens is 1. The fourth-order valence-electron chi connectivity index (χ4n) is 4.01. The van der Waals surface area contributed by atoms with Crippen LogP contribution in [-0.2, 0) is 6.54 Å². The molecule has 5 heteroatoms. The molecule has 0 atom stereocenters. The van der Waals surface area contributed by atoms with Crippen LogP contribution < -0.4 is 5.73 Å². The van der Waals surface area contributed by atoms with E-state index >= 15 is 0 Å². The number of hydrogen-bond donors (Lipinski definition) is 1. The molecule has 5 nitrogen and oxygen atoms in total. The second-order valence-electron chi connectivity index (χ2n) is 7.78. The first-order valence-corrected chi connectivity index (χ1v) is 10.4. The Labute approximate surface area is 181 Å². The lowest BCUT2D eigenvalue weighted by atomic mass is 9.97. The van der Waals surface area contributed by atoms with Crippen molar-refractivity contribution < 1.29 is 4.79 Å². The van der Waals surface area contributed by atoms with E-state index in [-0.39, 0.29) is 5.78 Å². The van der Waals surface area contributed by atoms with E-state index in [0.717, 1.165) is 50.8 Å². The van der Waals surface area contributed by atoms with Gasteiger partial charge in [-0.25, -0.2) is 0 Å². The van der Waals surface area contributed by atoms with Gasteiger partial charge in [-0.15, -0.1) is 5.10 Å². The van der Waals surface area contributed by atoms with E-state index in [2.05, 4.69) is 33.8 Å². The number of aryl methyl sites for hydroxylation is 2. The highest BCUT2D eigenvalue weighted by atomic mass is 16.1. The van der Waals surface area contributed by atoms with Gasteiger partial charge in [-0.1, -0.05) is 30.3 Å². The van der Waals surface area contributed by atoms with E-state index < -0.39 is 0 Å². The van der Waals surface area contributed by atoms with Gasteiger partial charge in [0, 0.05) is 39.5 Å². The highest BCUT2D eigenvalue weighted by molar-refractivity contribution is 6.16. The average Bonchev–Trinajstić information content (AvgIpc) is 3.09. The number of carbonyl (C=O) groups is 1. The third kappa shape index (κ3) is 3.75. The van der Waals surface area contributed by atoms with Crippen LogP contribution in [0, 0.1) is 6.92 Å². The summed E-state index contributed by atoms with van der Waals surface area (Å²) >= 11 is 0.